The molecule has 0 radical (unpaired) electrons. The Morgan fingerprint density at radius 1 is 1.48 bits per heavy atom. The molecule has 0 aliphatic rings. The molecule has 0 aliphatic heterocycles. The van der Waals surface area contributed by atoms with Gasteiger partial charge in [0.1, 0.15) is 5.75 Å². The molecule has 0 atom stereocenters. The lowest BCUT2D eigenvalue weighted by Crippen LogP contribution is -2.35. The van der Waals surface area contributed by atoms with Crippen LogP contribution in [-0.2, 0) is 6.54 Å². The maximum absolute atomic E-state index is 12.4. The van der Waals surface area contributed by atoms with Crippen molar-refractivity contribution in [2.45, 2.75) is 32.6 Å². The molecule has 0 heterocycles. The monoisotopic (exact) mass is 304 g/mol. The largest absolute Gasteiger partial charge is 0.434 e. The molecule has 0 fully saturated rings. The second-order valence-electron chi connectivity index (χ2n) is 5.41. The summed E-state index contributed by atoms with van der Waals surface area (Å²) in [6.45, 7) is 0.600. The summed E-state index contributed by atoms with van der Waals surface area (Å²) in [7, 11) is 1.67. The third-order valence-corrected chi connectivity index (χ3v) is 2.57. The average molecular weight is 304 g/mol. The number of rotatable bonds is 7. The zero-order valence-corrected chi connectivity index (χ0v) is 12.0. The lowest BCUT2D eigenvalue weighted by molar-refractivity contribution is -0.385. The molecule has 0 aromatic heterocycles. The van der Waals surface area contributed by atoms with Crippen LogP contribution in [0.15, 0.2) is 18.2 Å². The Labute approximate surface area is 121 Å². The summed E-state index contributed by atoms with van der Waals surface area (Å²) < 4.78 is 29.1. The van der Waals surface area contributed by atoms with Crippen molar-refractivity contribution < 1.29 is 23.5 Å². The molecule has 1 rings (SSSR count). The third kappa shape index (κ3) is 6.01. The second-order valence-corrected chi connectivity index (χ2v) is 5.41. The fourth-order valence-corrected chi connectivity index (χ4v) is 2.02. The van der Waals surface area contributed by atoms with E-state index in [4.69, 9.17) is 0 Å². The Morgan fingerprint density at radius 2 is 2.10 bits per heavy atom. The lowest BCUT2D eigenvalue weighted by Gasteiger charge is -2.26. The predicted octanol–water partition coefficient (Wildman–Crippen LogP) is 2.40. The summed E-state index contributed by atoms with van der Waals surface area (Å²) in [6.07, 6.45) is 0. The molecule has 1 aromatic rings. The molecule has 0 saturated heterocycles. The Kier molecular flexibility index (Phi) is 5.56. The second kappa shape index (κ2) is 6.77. The van der Waals surface area contributed by atoms with E-state index < -0.39 is 17.1 Å². The van der Waals surface area contributed by atoms with Crippen molar-refractivity contribution >= 4 is 5.69 Å². The Bertz CT molecular complexity index is 503. The van der Waals surface area contributed by atoms with E-state index in [2.05, 4.69) is 4.74 Å². The number of halogens is 2. The van der Waals surface area contributed by atoms with Crippen LogP contribution in [0.4, 0.5) is 14.5 Å². The molecule has 1 aromatic carbocycles. The third-order valence-electron chi connectivity index (χ3n) is 2.57. The maximum atomic E-state index is 12.4. The van der Waals surface area contributed by atoms with Gasteiger partial charge < -0.3 is 9.84 Å². The highest BCUT2D eigenvalue weighted by Crippen LogP contribution is 2.27. The summed E-state index contributed by atoms with van der Waals surface area (Å²) in [4.78, 5) is 11.8. The van der Waals surface area contributed by atoms with Crippen molar-refractivity contribution in [1.82, 2.24) is 4.90 Å². The number of hydrogen-bond acceptors (Lipinski definition) is 5. The number of aliphatic hydroxyl groups is 1. The van der Waals surface area contributed by atoms with Gasteiger partial charge in [0.15, 0.2) is 0 Å². The van der Waals surface area contributed by atoms with Gasteiger partial charge in [0.2, 0.25) is 0 Å². The Morgan fingerprint density at radius 3 is 2.57 bits per heavy atom. The standard InChI is InChI=1S/C13H18F2N2O4/c1-13(2,18)8-16(3)7-9-6-10(17(19)20)4-5-11(9)21-12(14)15/h4-6,12,18H,7-8H2,1-3H3. The fourth-order valence-electron chi connectivity index (χ4n) is 2.02. The van der Waals surface area contributed by atoms with Crippen LogP contribution in [0.5, 0.6) is 5.75 Å². The van der Waals surface area contributed by atoms with Crippen LogP contribution in [0.3, 0.4) is 0 Å². The normalized spacial score (nSPS) is 12.0. The first-order chi connectivity index (χ1) is 9.58. The zero-order chi connectivity index (χ0) is 16.2. The van der Waals surface area contributed by atoms with Gasteiger partial charge in [-0.05, 0) is 27.0 Å². The van der Waals surface area contributed by atoms with Crippen molar-refractivity contribution in [1.29, 1.82) is 0 Å². The Balaban J connectivity index is 2.99. The van der Waals surface area contributed by atoms with Gasteiger partial charge in [0, 0.05) is 30.8 Å². The highest BCUT2D eigenvalue weighted by atomic mass is 19.3. The van der Waals surface area contributed by atoms with Gasteiger partial charge >= 0.3 is 6.61 Å². The molecular formula is C13H18F2N2O4. The minimum Gasteiger partial charge on any atom is -0.434 e. The van der Waals surface area contributed by atoms with E-state index in [1.165, 1.54) is 6.07 Å². The molecule has 0 unspecified atom stereocenters. The summed E-state index contributed by atoms with van der Waals surface area (Å²) in [5.74, 6) is -0.113. The number of non-ortho nitro benzene ring substituents is 1. The van der Waals surface area contributed by atoms with E-state index in [0.717, 1.165) is 12.1 Å². The first kappa shape index (κ1) is 17.3. The topological polar surface area (TPSA) is 75.8 Å². The van der Waals surface area contributed by atoms with Crippen LogP contribution in [0, 0.1) is 10.1 Å². The van der Waals surface area contributed by atoms with Gasteiger partial charge in [-0.2, -0.15) is 8.78 Å². The van der Waals surface area contributed by atoms with E-state index >= 15 is 0 Å². The number of benzene rings is 1. The molecule has 0 bridgehead atoms. The van der Waals surface area contributed by atoms with Gasteiger partial charge in [-0.3, -0.25) is 15.0 Å². The summed E-state index contributed by atoms with van der Waals surface area (Å²) in [5, 5.41) is 20.5. The van der Waals surface area contributed by atoms with Gasteiger partial charge in [-0.25, -0.2) is 0 Å². The van der Waals surface area contributed by atoms with Crippen LogP contribution in [0.1, 0.15) is 19.4 Å². The number of nitro benzene ring substituents is 1. The molecule has 118 valence electrons. The first-order valence-corrected chi connectivity index (χ1v) is 6.21. The summed E-state index contributed by atoms with van der Waals surface area (Å²) in [6, 6.07) is 3.45. The van der Waals surface area contributed by atoms with Crippen molar-refractivity contribution in [3.05, 3.63) is 33.9 Å². The summed E-state index contributed by atoms with van der Waals surface area (Å²) in [5.41, 5.74) is -0.918. The molecule has 0 spiro atoms. The van der Waals surface area contributed by atoms with Gasteiger partial charge in [0.25, 0.3) is 5.69 Å². The minimum atomic E-state index is -3.01. The van der Waals surface area contributed by atoms with E-state index in [-0.39, 0.29) is 30.1 Å². The van der Waals surface area contributed by atoms with Crippen molar-refractivity contribution in [3.63, 3.8) is 0 Å². The number of hydrogen-bond donors (Lipinski definition) is 1. The van der Waals surface area contributed by atoms with E-state index in [0.29, 0.717) is 0 Å². The van der Waals surface area contributed by atoms with Gasteiger partial charge in [-0.1, -0.05) is 0 Å². The van der Waals surface area contributed by atoms with Crippen molar-refractivity contribution in [2.75, 3.05) is 13.6 Å². The van der Waals surface area contributed by atoms with E-state index in [9.17, 15) is 24.0 Å². The molecule has 0 saturated carbocycles. The lowest BCUT2D eigenvalue weighted by atomic mass is 10.1. The smallest absolute Gasteiger partial charge is 0.387 e. The molecular weight excluding hydrogens is 286 g/mol. The Hall–Kier alpha value is -1.80. The first-order valence-electron chi connectivity index (χ1n) is 6.21. The maximum Gasteiger partial charge on any atom is 0.387 e. The molecule has 0 amide bonds. The van der Waals surface area contributed by atoms with Gasteiger partial charge in [0.05, 0.1) is 10.5 Å². The van der Waals surface area contributed by atoms with Crippen LogP contribution < -0.4 is 4.74 Å². The molecule has 1 N–H and O–H groups in total. The summed E-state index contributed by atoms with van der Waals surface area (Å²) >= 11 is 0. The predicted molar refractivity (Wildman–Crippen MR) is 72.4 cm³/mol. The minimum absolute atomic E-state index is 0.113. The number of likely N-dealkylation sites (N-methyl/N-ethyl adjacent to an activating group) is 1. The van der Waals surface area contributed by atoms with Crippen molar-refractivity contribution in [2.24, 2.45) is 0 Å². The highest BCUT2D eigenvalue weighted by molar-refractivity contribution is 5.43. The average Bonchev–Trinajstić information content (AvgIpc) is 2.27. The van der Waals surface area contributed by atoms with Crippen LogP contribution in [0.25, 0.3) is 0 Å². The van der Waals surface area contributed by atoms with Crippen LogP contribution in [0.2, 0.25) is 0 Å². The molecule has 21 heavy (non-hydrogen) atoms. The number of ether oxygens (including phenoxy) is 1. The zero-order valence-electron chi connectivity index (χ0n) is 12.0. The number of nitrogens with zero attached hydrogens (tertiary/aromatic N) is 2. The highest BCUT2D eigenvalue weighted by Gasteiger charge is 2.19. The fraction of sp³-hybridized carbons (Fsp3) is 0.538. The number of alkyl halides is 2. The SMILES string of the molecule is CN(Cc1cc([N+](=O)[O-])ccc1OC(F)F)CC(C)(C)O. The molecule has 8 heteroatoms. The van der Waals surface area contributed by atoms with Crippen LogP contribution in [-0.4, -0.2) is 40.7 Å². The quantitative estimate of drug-likeness (QED) is 0.618. The molecule has 0 aliphatic carbocycles. The van der Waals surface area contributed by atoms with E-state index in [1.54, 1.807) is 25.8 Å². The van der Waals surface area contributed by atoms with Crippen LogP contribution >= 0.6 is 0 Å². The van der Waals surface area contributed by atoms with E-state index in [1.807, 2.05) is 0 Å². The van der Waals surface area contributed by atoms with Crippen molar-refractivity contribution in [3.8, 4) is 5.75 Å². The number of nitro groups is 1. The molecule has 6 nitrogen and oxygen atoms in total. The van der Waals surface area contributed by atoms with Gasteiger partial charge in [-0.15, -0.1) is 0 Å².